The van der Waals surface area contributed by atoms with Gasteiger partial charge in [-0.3, -0.25) is 9.59 Å². The van der Waals surface area contributed by atoms with Gasteiger partial charge in [0.25, 0.3) is 0 Å². The van der Waals surface area contributed by atoms with Gasteiger partial charge in [0.1, 0.15) is 13.2 Å². The first kappa shape index (κ1) is 21.5. The number of carbonyl (C=O) groups excluding carboxylic acids is 2. The van der Waals surface area contributed by atoms with E-state index in [2.05, 4.69) is 29.6 Å². The number of hydrogen-bond acceptors (Lipinski definition) is 5. The van der Waals surface area contributed by atoms with Crippen molar-refractivity contribution in [2.75, 3.05) is 32.9 Å². The zero-order valence-electron chi connectivity index (χ0n) is 18.1. The average Bonchev–Trinajstić information content (AvgIpc) is 3.48. The van der Waals surface area contributed by atoms with E-state index in [0.29, 0.717) is 6.54 Å². The van der Waals surface area contributed by atoms with Crippen LogP contribution in [-0.4, -0.2) is 66.9 Å². The molecule has 8 heteroatoms. The van der Waals surface area contributed by atoms with Gasteiger partial charge in [-0.15, -0.1) is 0 Å². The third-order valence-electron chi connectivity index (χ3n) is 6.99. The summed E-state index contributed by atoms with van der Waals surface area (Å²) >= 11 is 0. The number of nitrogens with zero attached hydrogens (tertiary/aromatic N) is 1. The third-order valence-corrected chi connectivity index (χ3v) is 6.99. The van der Waals surface area contributed by atoms with Crippen molar-refractivity contribution in [1.82, 2.24) is 10.2 Å². The van der Waals surface area contributed by atoms with Crippen molar-refractivity contribution >= 4 is 18.0 Å². The lowest BCUT2D eigenvalue weighted by Crippen LogP contribution is -2.46. The second-order valence-electron chi connectivity index (χ2n) is 8.78. The molecule has 2 heterocycles. The summed E-state index contributed by atoms with van der Waals surface area (Å²) in [4.78, 5) is 37.3. The molecule has 6 rings (SSSR count). The van der Waals surface area contributed by atoms with Crippen molar-refractivity contribution in [3.8, 4) is 11.1 Å². The molecule has 0 aromatic heterocycles. The summed E-state index contributed by atoms with van der Waals surface area (Å²) < 4.78 is 10.8. The first-order chi connectivity index (χ1) is 16.0. The van der Waals surface area contributed by atoms with Gasteiger partial charge in [-0.05, 0) is 34.6 Å². The number of amides is 2. The standard InChI is InChI=1S/C25H26N2O6/c28-22(27-12-15-11-21(27)23(15)24(29)30)14-32-10-9-26-25(31)33-13-20-18-7-3-1-5-16(18)17-6-2-4-8-19(17)20/h1-8,15,20-21,23H,9-14H2,(H,26,31)(H,29,30). The molecule has 8 nitrogen and oxygen atoms in total. The highest BCUT2D eigenvalue weighted by Crippen LogP contribution is 2.46. The van der Waals surface area contributed by atoms with Crippen LogP contribution in [0.5, 0.6) is 0 Å². The molecule has 2 amide bonds. The molecule has 172 valence electrons. The Balaban J connectivity index is 1.03. The van der Waals surface area contributed by atoms with Gasteiger partial charge in [-0.2, -0.15) is 0 Å². The maximum absolute atomic E-state index is 12.3. The van der Waals surface area contributed by atoms with Crippen LogP contribution in [0.15, 0.2) is 48.5 Å². The fourth-order valence-corrected chi connectivity index (χ4v) is 5.39. The Morgan fingerprint density at radius 1 is 1.03 bits per heavy atom. The van der Waals surface area contributed by atoms with Gasteiger partial charge in [-0.1, -0.05) is 48.5 Å². The monoisotopic (exact) mass is 450 g/mol. The van der Waals surface area contributed by atoms with E-state index in [9.17, 15) is 19.5 Å². The van der Waals surface area contributed by atoms with E-state index in [0.717, 1.165) is 17.5 Å². The highest BCUT2D eigenvalue weighted by atomic mass is 16.5. The Hall–Kier alpha value is -3.39. The zero-order valence-corrected chi connectivity index (χ0v) is 18.1. The van der Waals surface area contributed by atoms with Crippen LogP contribution in [0.25, 0.3) is 11.1 Å². The fraction of sp³-hybridized carbons (Fsp3) is 0.400. The summed E-state index contributed by atoms with van der Waals surface area (Å²) in [7, 11) is 0. The maximum atomic E-state index is 12.3. The van der Waals surface area contributed by atoms with Crippen molar-refractivity contribution in [2.45, 2.75) is 18.4 Å². The molecule has 1 saturated carbocycles. The van der Waals surface area contributed by atoms with Crippen molar-refractivity contribution in [1.29, 1.82) is 0 Å². The summed E-state index contributed by atoms with van der Waals surface area (Å²) in [6.07, 6.45) is 0.225. The number of alkyl carbamates (subject to hydrolysis) is 1. The van der Waals surface area contributed by atoms with Crippen molar-refractivity contribution in [2.24, 2.45) is 11.8 Å². The lowest BCUT2D eigenvalue weighted by atomic mass is 9.74. The van der Waals surface area contributed by atoms with Crippen LogP contribution in [0.2, 0.25) is 0 Å². The lowest BCUT2D eigenvalue weighted by molar-refractivity contribution is -0.149. The molecule has 2 aliphatic heterocycles. The summed E-state index contributed by atoms with van der Waals surface area (Å²) in [5.41, 5.74) is 4.65. The molecular formula is C25H26N2O6. The van der Waals surface area contributed by atoms with Crippen LogP contribution in [-0.2, 0) is 19.1 Å². The largest absolute Gasteiger partial charge is 0.481 e. The Bertz CT molecular complexity index is 1040. The van der Waals surface area contributed by atoms with Crippen LogP contribution in [0, 0.1) is 11.8 Å². The van der Waals surface area contributed by atoms with Crippen LogP contribution >= 0.6 is 0 Å². The Morgan fingerprint density at radius 2 is 1.70 bits per heavy atom. The highest BCUT2D eigenvalue weighted by molar-refractivity contribution is 5.82. The number of carbonyl (C=O) groups is 3. The number of hydrogen-bond donors (Lipinski definition) is 2. The third kappa shape index (κ3) is 3.95. The smallest absolute Gasteiger partial charge is 0.407 e. The Labute approximate surface area is 191 Å². The SMILES string of the molecule is O=C(NCCOCC(=O)N1CC2CC1C2C(=O)O)OCC1c2ccccc2-c2ccccc21. The molecule has 0 radical (unpaired) electrons. The van der Waals surface area contributed by atoms with Crippen molar-refractivity contribution in [3.63, 3.8) is 0 Å². The summed E-state index contributed by atoms with van der Waals surface area (Å²) in [5, 5.41) is 11.8. The first-order valence-electron chi connectivity index (χ1n) is 11.2. The molecule has 2 saturated heterocycles. The minimum atomic E-state index is -0.834. The van der Waals surface area contributed by atoms with Crippen LogP contribution in [0.3, 0.4) is 0 Å². The lowest BCUT2D eigenvalue weighted by Gasteiger charge is -2.32. The van der Waals surface area contributed by atoms with Crippen molar-refractivity contribution in [3.05, 3.63) is 59.7 Å². The average molecular weight is 450 g/mol. The van der Waals surface area contributed by atoms with E-state index in [1.165, 1.54) is 11.1 Å². The molecular weight excluding hydrogens is 424 g/mol. The molecule has 3 atom stereocenters. The van der Waals surface area contributed by atoms with E-state index in [1.807, 2.05) is 24.3 Å². The summed E-state index contributed by atoms with van der Waals surface area (Å²) in [6.45, 7) is 0.985. The maximum Gasteiger partial charge on any atom is 0.407 e. The van der Waals surface area contributed by atoms with Gasteiger partial charge < -0.3 is 24.8 Å². The second-order valence-corrected chi connectivity index (χ2v) is 8.78. The topological polar surface area (TPSA) is 105 Å². The van der Waals surface area contributed by atoms with Gasteiger partial charge in [0, 0.05) is 25.0 Å². The number of nitrogens with one attached hydrogen (secondary N) is 1. The van der Waals surface area contributed by atoms with Gasteiger partial charge >= 0.3 is 12.1 Å². The minimum Gasteiger partial charge on any atom is -0.481 e. The number of ether oxygens (including phenoxy) is 2. The van der Waals surface area contributed by atoms with E-state index < -0.39 is 18.0 Å². The summed E-state index contributed by atoms with van der Waals surface area (Å²) in [5.74, 6) is -1.42. The molecule has 4 aliphatic rings. The molecule has 2 bridgehead atoms. The van der Waals surface area contributed by atoms with E-state index >= 15 is 0 Å². The zero-order chi connectivity index (χ0) is 22.9. The molecule has 3 fully saturated rings. The molecule has 3 unspecified atom stereocenters. The van der Waals surface area contributed by atoms with E-state index in [-0.39, 0.29) is 50.2 Å². The van der Waals surface area contributed by atoms with Crippen molar-refractivity contribution < 1.29 is 29.0 Å². The van der Waals surface area contributed by atoms with Gasteiger partial charge in [0.2, 0.25) is 5.91 Å². The molecule has 2 aliphatic carbocycles. The van der Waals surface area contributed by atoms with E-state index in [1.54, 1.807) is 4.90 Å². The molecule has 33 heavy (non-hydrogen) atoms. The number of benzene rings is 2. The predicted octanol–water partition coefficient (Wildman–Crippen LogP) is 2.47. The quantitative estimate of drug-likeness (QED) is 0.599. The molecule has 2 aromatic rings. The van der Waals surface area contributed by atoms with Gasteiger partial charge in [-0.25, -0.2) is 4.79 Å². The van der Waals surface area contributed by atoms with Gasteiger partial charge in [0.05, 0.1) is 12.5 Å². The molecule has 2 N–H and O–H groups in total. The van der Waals surface area contributed by atoms with Gasteiger partial charge in [0.15, 0.2) is 0 Å². The first-order valence-corrected chi connectivity index (χ1v) is 11.2. The number of rotatable bonds is 8. The second kappa shape index (κ2) is 8.86. The Kier molecular flexibility index (Phi) is 5.76. The number of aliphatic carboxylic acids is 1. The number of carboxylic acid groups (broad SMARTS) is 1. The fourth-order valence-electron chi connectivity index (χ4n) is 5.39. The molecule has 0 spiro atoms. The normalized spacial score (nSPS) is 22.3. The predicted molar refractivity (Wildman–Crippen MR) is 119 cm³/mol. The number of carboxylic acids is 1. The highest BCUT2D eigenvalue weighted by Gasteiger charge is 2.56. The molecule has 2 aromatic carbocycles. The Morgan fingerprint density at radius 3 is 2.33 bits per heavy atom. The number of fused-ring (bicyclic) bond motifs is 4. The minimum absolute atomic E-state index is 0.00152. The van der Waals surface area contributed by atoms with Crippen LogP contribution in [0.4, 0.5) is 4.79 Å². The summed E-state index contributed by atoms with van der Waals surface area (Å²) in [6, 6.07) is 16.1. The van der Waals surface area contributed by atoms with E-state index in [4.69, 9.17) is 9.47 Å². The van der Waals surface area contributed by atoms with Crippen LogP contribution in [0.1, 0.15) is 23.5 Å². The van der Waals surface area contributed by atoms with Crippen LogP contribution < -0.4 is 5.32 Å².